The van der Waals surface area contributed by atoms with Crippen molar-refractivity contribution in [2.45, 2.75) is 38.6 Å². The molecule has 0 aromatic heterocycles. The maximum absolute atomic E-state index is 13.1. The van der Waals surface area contributed by atoms with E-state index in [4.69, 9.17) is 4.74 Å². The summed E-state index contributed by atoms with van der Waals surface area (Å²) in [7, 11) is 5.33. The van der Waals surface area contributed by atoms with E-state index in [0.29, 0.717) is 19.5 Å². The molecule has 28 heavy (non-hydrogen) atoms. The smallest absolute Gasteiger partial charge is 0.229 e. The molecule has 0 radical (unpaired) electrons. The first-order chi connectivity index (χ1) is 13.4. The number of benzene rings is 1. The summed E-state index contributed by atoms with van der Waals surface area (Å²) in [5.74, 6) is 1.11. The molecular weight excluding hydrogens is 354 g/mol. The minimum Gasteiger partial charge on any atom is -0.497 e. The van der Waals surface area contributed by atoms with Crippen LogP contribution in [0.2, 0.25) is 0 Å². The van der Waals surface area contributed by atoms with E-state index in [0.717, 1.165) is 43.7 Å². The highest BCUT2D eigenvalue weighted by molar-refractivity contribution is 5.84. The molecule has 0 saturated carbocycles. The predicted octanol–water partition coefficient (Wildman–Crippen LogP) is 2.03. The number of likely N-dealkylation sites (tertiary alicyclic amines) is 2. The molecule has 6 nitrogen and oxygen atoms in total. The fraction of sp³-hybridized carbons (Fsp3) is 0.636. The van der Waals surface area contributed by atoms with Crippen LogP contribution in [0.4, 0.5) is 0 Å². The number of carbonyl (C=O) groups is 2. The lowest BCUT2D eigenvalue weighted by Gasteiger charge is -2.37. The first-order valence-corrected chi connectivity index (χ1v) is 10.3. The van der Waals surface area contributed by atoms with Gasteiger partial charge in [0.25, 0.3) is 0 Å². The first kappa shape index (κ1) is 20.6. The third-order valence-electron chi connectivity index (χ3n) is 6.50. The maximum atomic E-state index is 13.1. The average molecular weight is 388 g/mol. The highest BCUT2D eigenvalue weighted by Crippen LogP contribution is 2.44. The van der Waals surface area contributed by atoms with Crippen molar-refractivity contribution >= 4 is 11.8 Å². The Morgan fingerprint density at radius 2 is 1.96 bits per heavy atom. The fourth-order valence-electron chi connectivity index (χ4n) is 4.99. The number of methoxy groups -OCH3 is 1. The minimum atomic E-state index is -0.357. The van der Waals surface area contributed by atoms with Crippen molar-refractivity contribution < 1.29 is 14.3 Å². The Bertz CT molecular complexity index is 721. The Kier molecular flexibility index (Phi) is 6.28. The Balaban J connectivity index is 1.75. The monoisotopic (exact) mass is 387 g/mol. The summed E-state index contributed by atoms with van der Waals surface area (Å²) in [5, 5.41) is 0. The lowest BCUT2D eigenvalue weighted by atomic mass is 9.75. The van der Waals surface area contributed by atoms with Crippen molar-refractivity contribution in [1.29, 1.82) is 0 Å². The third kappa shape index (κ3) is 3.88. The zero-order valence-electron chi connectivity index (χ0n) is 17.6. The fourth-order valence-corrected chi connectivity index (χ4v) is 4.99. The molecule has 2 heterocycles. The van der Waals surface area contributed by atoms with Crippen molar-refractivity contribution in [2.75, 3.05) is 47.4 Å². The van der Waals surface area contributed by atoms with Crippen molar-refractivity contribution in [3.05, 3.63) is 29.8 Å². The highest BCUT2D eigenvalue weighted by Gasteiger charge is 2.53. The standard InChI is InChI=1S/C22H33N3O3/c1-5-24-13-10-22(21(27)23(2)3)11-14-25(12-9-19(22)24)20(26)16-17-7-6-8-18(15-17)28-4/h6-8,15,19H,5,9-14,16H2,1-4H3/t19-,22-/m1/s1. The molecule has 1 aromatic rings. The summed E-state index contributed by atoms with van der Waals surface area (Å²) < 4.78 is 5.27. The van der Waals surface area contributed by atoms with Gasteiger partial charge in [0.05, 0.1) is 18.9 Å². The van der Waals surface area contributed by atoms with Gasteiger partial charge in [-0.1, -0.05) is 19.1 Å². The SMILES string of the molecule is CCN1CC[C@@]2(C(=O)N(C)C)CCN(C(=O)Cc3cccc(OC)c3)CC[C@@H]12. The van der Waals surface area contributed by atoms with Crippen molar-refractivity contribution in [3.8, 4) is 5.75 Å². The van der Waals surface area contributed by atoms with E-state index in [-0.39, 0.29) is 23.3 Å². The van der Waals surface area contributed by atoms with Gasteiger partial charge in [-0.25, -0.2) is 0 Å². The molecule has 2 fully saturated rings. The Morgan fingerprint density at radius 3 is 2.64 bits per heavy atom. The summed E-state index contributed by atoms with van der Waals surface area (Å²) >= 11 is 0. The van der Waals surface area contributed by atoms with Crippen LogP contribution >= 0.6 is 0 Å². The quantitative estimate of drug-likeness (QED) is 0.776. The van der Waals surface area contributed by atoms with Gasteiger partial charge in [0, 0.05) is 33.2 Å². The van der Waals surface area contributed by atoms with E-state index in [1.54, 1.807) is 12.0 Å². The molecule has 2 aliphatic rings. The Morgan fingerprint density at radius 1 is 1.21 bits per heavy atom. The van der Waals surface area contributed by atoms with Gasteiger partial charge < -0.3 is 14.5 Å². The van der Waals surface area contributed by atoms with Gasteiger partial charge in [-0.3, -0.25) is 14.5 Å². The minimum absolute atomic E-state index is 0.128. The first-order valence-electron chi connectivity index (χ1n) is 10.3. The molecule has 2 atom stereocenters. The van der Waals surface area contributed by atoms with E-state index in [1.807, 2.05) is 43.3 Å². The molecular formula is C22H33N3O3. The van der Waals surface area contributed by atoms with Gasteiger partial charge in [-0.2, -0.15) is 0 Å². The number of carbonyl (C=O) groups excluding carboxylic acids is 2. The summed E-state index contributed by atoms with van der Waals surface area (Å²) in [6, 6.07) is 7.90. The summed E-state index contributed by atoms with van der Waals surface area (Å²) in [5.41, 5.74) is 0.605. The van der Waals surface area contributed by atoms with E-state index in [9.17, 15) is 9.59 Å². The van der Waals surface area contributed by atoms with Gasteiger partial charge in [0.15, 0.2) is 0 Å². The zero-order chi connectivity index (χ0) is 20.3. The number of fused-ring (bicyclic) bond motifs is 1. The van der Waals surface area contributed by atoms with Crippen LogP contribution in [0.25, 0.3) is 0 Å². The van der Waals surface area contributed by atoms with E-state index < -0.39 is 0 Å². The average Bonchev–Trinajstić information content (AvgIpc) is 2.94. The highest BCUT2D eigenvalue weighted by atomic mass is 16.5. The maximum Gasteiger partial charge on any atom is 0.229 e. The van der Waals surface area contributed by atoms with Crippen LogP contribution < -0.4 is 4.74 Å². The molecule has 1 aromatic carbocycles. The molecule has 6 heteroatoms. The number of hydrogen-bond acceptors (Lipinski definition) is 4. The number of amides is 2. The molecule has 0 aliphatic carbocycles. The summed E-state index contributed by atoms with van der Waals surface area (Å²) in [6.45, 7) is 5.44. The van der Waals surface area contributed by atoms with Gasteiger partial charge in [0.1, 0.15) is 5.75 Å². The van der Waals surface area contributed by atoms with Crippen molar-refractivity contribution in [3.63, 3.8) is 0 Å². The van der Waals surface area contributed by atoms with Crippen LogP contribution in [0.5, 0.6) is 5.75 Å². The Hall–Kier alpha value is -2.08. The molecule has 2 amide bonds. The third-order valence-corrected chi connectivity index (χ3v) is 6.50. The summed E-state index contributed by atoms with van der Waals surface area (Å²) in [6.07, 6.45) is 2.86. The zero-order valence-corrected chi connectivity index (χ0v) is 17.6. The molecule has 3 rings (SSSR count). The van der Waals surface area contributed by atoms with Crippen LogP contribution in [0.3, 0.4) is 0 Å². The van der Waals surface area contributed by atoms with E-state index in [2.05, 4.69) is 11.8 Å². The van der Waals surface area contributed by atoms with Crippen molar-refractivity contribution in [1.82, 2.24) is 14.7 Å². The van der Waals surface area contributed by atoms with E-state index >= 15 is 0 Å². The van der Waals surface area contributed by atoms with Crippen LogP contribution in [0.15, 0.2) is 24.3 Å². The number of rotatable bonds is 5. The molecule has 2 aliphatic heterocycles. The van der Waals surface area contributed by atoms with Crippen LogP contribution in [-0.4, -0.2) is 79.9 Å². The van der Waals surface area contributed by atoms with Crippen molar-refractivity contribution in [2.24, 2.45) is 5.41 Å². The lowest BCUT2D eigenvalue weighted by Crippen LogP contribution is -2.49. The topological polar surface area (TPSA) is 53.1 Å². The predicted molar refractivity (Wildman–Crippen MR) is 109 cm³/mol. The molecule has 0 spiro atoms. The van der Waals surface area contributed by atoms with Gasteiger partial charge in [-0.05, 0) is 50.0 Å². The van der Waals surface area contributed by atoms with Gasteiger partial charge in [0.2, 0.25) is 11.8 Å². The lowest BCUT2D eigenvalue weighted by molar-refractivity contribution is -0.141. The molecule has 0 bridgehead atoms. The molecule has 0 unspecified atom stereocenters. The second kappa shape index (κ2) is 8.52. The molecule has 154 valence electrons. The molecule has 0 N–H and O–H groups in total. The van der Waals surface area contributed by atoms with Gasteiger partial charge >= 0.3 is 0 Å². The van der Waals surface area contributed by atoms with Crippen LogP contribution in [-0.2, 0) is 16.0 Å². The van der Waals surface area contributed by atoms with E-state index in [1.165, 1.54) is 0 Å². The van der Waals surface area contributed by atoms with Crippen LogP contribution in [0.1, 0.15) is 31.7 Å². The molecule has 2 saturated heterocycles. The number of hydrogen-bond donors (Lipinski definition) is 0. The second-order valence-corrected chi connectivity index (χ2v) is 8.20. The number of nitrogens with zero attached hydrogens (tertiary/aromatic N) is 3. The Labute approximate surface area is 168 Å². The number of ether oxygens (including phenoxy) is 1. The van der Waals surface area contributed by atoms with Gasteiger partial charge in [-0.15, -0.1) is 0 Å². The second-order valence-electron chi connectivity index (χ2n) is 8.20. The summed E-state index contributed by atoms with van der Waals surface area (Å²) in [4.78, 5) is 32.2. The normalized spacial score (nSPS) is 25.1. The van der Waals surface area contributed by atoms with Crippen LogP contribution in [0, 0.1) is 5.41 Å². The largest absolute Gasteiger partial charge is 0.497 e.